The van der Waals surface area contributed by atoms with Crippen molar-refractivity contribution in [2.45, 2.75) is 25.8 Å². The summed E-state index contributed by atoms with van der Waals surface area (Å²) in [6.07, 6.45) is 2.38. The first-order chi connectivity index (χ1) is 9.61. The summed E-state index contributed by atoms with van der Waals surface area (Å²) in [7, 11) is 3.70. The van der Waals surface area contributed by atoms with Crippen molar-refractivity contribution in [3.8, 4) is 11.5 Å². The van der Waals surface area contributed by atoms with Crippen molar-refractivity contribution in [1.29, 1.82) is 0 Å². The van der Waals surface area contributed by atoms with Gasteiger partial charge in [-0.2, -0.15) is 0 Å². The molecule has 1 N–H and O–H groups in total. The number of rotatable bonds is 5. The van der Waals surface area contributed by atoms with Gasteiger partial charge >= 0.3 is 0 Å². The number of benzene rings is 1. The molecule has 4 nitrogen and oxygen atoms in total. The molecule has 0 bridgehead atoms. The van der Waals surface area contributed by atoms with Crippen LogP contribution in [-0.2, 0) is 4.74 Å². The van der Waals surface area contributed by atoms with Crippen LogP contribution in [0.15, 0.2) is 18.2 Å². The van der Waals surface area contributed by atoms with Crippen LogP contribution in [0.2, 0.25) is 0 Å². The quantitative estimate of drug-likeness (QED) is 0.900. The summed E-state index contributed by atoms with van der Waals surface area (Å²) in [5.41, 5.74) is 0.935. The van der Waals surface area contributed by atoms with Crippen molar-refractivity contribution in [3.05, 3.63) is 23.8 Å². The van der Waals surface area contributed by atoms with Crippen molar-refractivity contribution >= 4 is 0 Å². The molecule has 2 rings (SSSR count). The first kappa shape index (κ1) is 15.1. The minimum atomic E-state index is 0.169. The summed E-state index contributed by atoms with van der Waals surface area (Å²) in [6, 6.07) is 5.67. The largest absolute Gasteiger partial charge is 0.507 e. The molecule has 0 saturated carbocycles. The maximum Gasteiger partial charge on any atom is 0.124 e. The van der Waals surface area contributed by atoms with E-state index in [1.165, 1.54) is 6.42 Å². The third-order valence-corrected chi connectivity index (χ3v) is 4.15. The van der Waals surface area contributed by atoms with E-state index in [2.05, 4.69) is 18.9 Å². The standard InChI is InChI=1S/C16H25NO3/c1-12(15-7-6-14(19-3)9-16(15)18)17(2)10-13-5-4-8-20-11-13/h6-7,9,12-13,18H,4-5,8,10-11H2,1-3H3. The van der Waals surface area contributed by atoms with Crippen molar-refractivity contribution < 1.29 is 14.6 Å². The average molecular weight is 279 g/mol. The first-order valence-electron chi connectivity index (χ1n) is 7.26. The molecule has 0 radical (unpaired) electrons. The second-order valence-electron chi connectivity index (χ2n) is 5.62. The van der Waals surface area contributed by atoms with Crippen LogP contribution in [-0.4, -0.2) is 43.9 Å². The maximum absolute atomic E-state index is 10.1. The molecule has 0 aromatic heterocycles. The van der Waals surface area contributed by atoms with E-state index < -0.39 is 0 Å². The number of nitrogens with zero attached hydrogens (tertiary/aromatic N) is 1. The van der Waals surface area contributed by atoms with E-state index in [0.29, 0.717) is 17.4 Å². The maximum atomic E-state index is 10.1. The molecule has 4 heteroatoms. The highest BCUT2D eigenvalue weighted by Gasteiger charge is 2.21. The topological polar surface area (TPSA) is 41.9 Å². The molecule has 20 heavy (non-hydrogen) atoms. The summed E-state index contributed by atoms with van der Waals surface area (Å²) >= 11 is 0. The Bertz CT molecular complexity index is 430. The van der Waals surface area contributed by atoms with Crippen LogP contribution < -0.4 is 4.74 Å². The molecule has 1 saturated heterocycles. The Morgan fingerprint density at radius 3 is 2.90 bits per heavy atom. The highest BCUT2D eigenvalue weighted by atomic mass is 16.5. The predicted octanol–water partition coefficient (Wildman–Crippen LogP) is 2.82. The van der Waals surface area contributed by atoms with Gasteiger partial charge in [-0.1, -0.05) is 6.07 Å². The van der Waals surface area contributed by atoms with Crippen molar-refractivity contribution in [2.75, 3.05) is 33.9 Å². The molecule has 0 aliphatic carbocycles. The van der Waals surface area contributed by atoms with Gasteiger partial charge in [-0.05, 0) is 38.8 Å². The number of methoxy groups -OCH3 is 1. The lowest BCUT2D eigenvalue weighted by Gasteiger charge is -2.31. The molecule has 0 amide bonds. The van der Waals surface area contributed by atoms with Gasteiger partial charge in [-0.25, -0.2) is 0 Å². The molecular formula is C16H25NO3. The SMILES string of the molecule is COc1ccc(C(C)N(C)CC2CCCOC2)c(O)c1. The fourth-order valence-corrected chi connectivity index (χ4v) is 2.76. The molecule has 112 valence electrons. The van der Waals surface area contributed by atoms with E-state index in [0.717, 1.165) is 31.7 Å². The van der Waals surface area contributed by atoms with Crippen LogP contribution >= 0.6 is 0 Å². The van der Waals surface area contributed by atoms with E-state index in [-0.39, 0.29) is 6.04 Å². The Balaban J connectivity index is 2.00. The number of ether oxygens (including phenoxy) is 2. The lowest BCUT2D eigenvalue weighted by Crippen LogP contribution is -2.32. The Hall–Kier alpha value is -1.26. The molecule has 2 atom stereocenters. The van der Waals surface area contributed by atoms with Crippen molar-refractivity contribution in [1.82, 2.24) is 4.90 Å². The van der Waals surface area contributed by atoms with Gasteiger partial charge < -0.3 is 14.6 Å². The Labute approximate surface area is 121 Å². The van der Waals surface area contributed by atoms with Crippen LogP contribution in [0.4, 0.5) is 0 Å². The Morgan fingerprint density at radius 2 is 2.30 bits per heavy atom. The van der Waals surface area contributed by atoms with Crippen molar-refractivity contribution in [2.24, 2.45) is 5.92 Å². The zero-order valence-corrected chi connectivity index (χ0v) is 12.6. The van der Waals surface area contributed by atoms with Gasteiger partial charge in [-0.3, -0.25) is 4.90 Å². The van der Waals surface area contributed by atoms with Crippen LogP contribution in [0.1, 0.15) is 31.4 Å². The van der Waals surface area contributed by atoms with Gasteiger partial charge in [0.05, 0.1) is 13.7 Å². The van der Waals surface area contributed by atoms with Gasteiger partial charge in [0.2, 0.25) is 0 Å². The summed E-state index contributed by atoms with van der Waals surface area (Å²) in [5.74, 6) is 1.57. The van der Waals surface area contributed by atoms with E-state index >= 15 is 0 Å². The van der Waals surface area contributed by atoms with Crippen LogP contribution in [0.3, 0.4) is 0 Å². The molecule has 0 spiro atoms. The monoisotopic (exact) mass is 279 g/mol. The third kappa shape index (κ3) is 3.64. The molecular weight excluding hydrogens is 254 g/mol. The molecule has 2 unspecified atom stereocenters. The fourth-order valence-electron chi connectivity index (χ4n) is 2.76. The number of aromatic hydroxyl groups is 1. The smallest absolute Gasteiger partial charge is 0.124 e. The van der Waals surface area contributed by atoms with E-state index in [9.17, 15) is 5.11 Å². The van der Waals surface area contributed by atoms with Crippen LogP contribution in [0.5, 0.6) is 11.5 Å². The van der Waals surface area contributed by atoms with Gasteiger partial charge in [0, 0.05) is 30.8 Å². The summed E-state index contributed by atoms with van der Waals surface area (Å²) in [6.45, 7) is 4.86. The normalized spacial score (nSPS) is 20.9. The summed E-state index contributed by atoms with van der Waals surface area (Å²) in [5, 5.41) is 10.1. The van der Waals surface area contributed by atoms with E-state index in [1.54, 1.807) is 13.2 Å². The fraction of sp³-hybridized carbons (Fsp3) is 0.625. The van der Waals surface area contributed by atoms with Crippen LogP contribution in [0.25, 0.3) is 0 Å². The second kappa shape index (κ2) is 6.95. The molecule has 1 fully saturated rings. The Morgan fingerprint density at radius 1 is 1.50 bits per heavy atom. The number of phenolic OH excluding ortho intramolecular Hbond substituents is 1. The lowest BCUT2D eigenvalue weighted by atomic mass is 9.99. The third-order valence-electron chi connectivity index (χ3n) is 4.15. The Kier molecular flexibility index (Phi) is 5.26. The van der Waals surface area contributed by atoms with Crippen LogP contribution in [0, 0.1) is 5.92 Å². The van der Waals surface area contributed by atoms with Gasteiger partial charge in [0.25, 0.3) is 0 Å². The first-order valence-corrected chi connectivity index (χ1v) is 7.26. The average Bonchev–Trinajstić information content (AvgIpc) is 2.47. The number of phenols is 1. The summed E-state index contributed by atoms with van der Waals surface area (Å²) in [4.78, 5) is 2.28. The molecule has 1 aliphatic rings. The van der Waals surface area contributed by atoms with Crippen molar-refractivity contribution in [3.63, 3.8) is 0 Å². The predicted molar refractivity (Wildman–Crippen MR) is 79.2 cm³/mol. The lowest BCUT2D eigenvalue weighted by molar-refractivity contribution is 0.0370. The zero-order chi connectivity index (χ0) is 14.5. The number of hydrogen-bond donors (Lipinski definition) is 1. The highest BCUT2D eigenvalue weighted by Crippen LogP contribution is 2.31. The minimum Gasteiger partial charge on any atom is -0.507 e. The highest BCUT2D eigenvalue weighted by molar-refractivity contribution is 5.41. The minimum absolute atomic E-state index is 0.169. The molecule has 1 aromatic carbocycles. The van der Waals surface area contributed by atoms with E-state index in [4.69, 9.17) is 9.47 Å². The number of hydrogen-bond acceptors (Lipinski definition) is 4. The van der Waals surface area contributed by atoms with Gasteiger partial charge in [-0.15, -0.1) is 0 Å². The molecule has 1 aliphatic heterocycles. The van der Waals surface area contributed by atoms with Gasteiger partial charge in [0.1, 0.15) is 11.5 Å². The zero-order valence-electron chi connectivity index (χ0n) is 12.6. The summed E-state index contributed by atoms with van der Waals surface area (Å²) < 4.78 is 10.7. The second-order valence-corrected chi connectivity index (χ2v) is 5.62. The molecule has 1 aromatic rings. The molecule has 1 heterocycles. The van der Waals surface area contributed by atoms with E-state index in [1.807, 2.05) is 12.1 Å². The van der Waals surface area contributed by atoms with Gasteiger partial charge in [0.15, 0.2) is 0 Å².